The van der Waals surface area contributed by atoms with Crippen LogP contribution in [0.2, 0.25) is 0 Å². The number of ether oxygens (including phenoxy) is 1. The maximum Gasteiger partial charge on any atom is 0.314 e. The van der Waals surface area contributed by atoms with Gasteiger partial charge in [-0.05, 0) is 24.7 Å². The van der Waals surface area contributed by atoms with Crippen LogP contribution < -0.4 is 10.6 Å². The van der Waals surface area contributed by atoms with Crippen LogP contribution in [0.4, 0.5) is 4.79 Å². The predicted molar refractivity (Wildman–Crippen MR) is 71.0 cm³/mol. The Morgan fingerprint density at radius 2 is 2.21 bits per heavy atom. The van der Waals surface area contributed by atoms with Crippen molar-refractivity contribution in [1.29, 1.82) is 0 Å². The number of aliphatic carboxylic acids is 1. The highest BCUT2D eigenvalue weighted by Gasteiger charge is 2.16. The Hall–Kier alpha value is -1.30. The maximum absolute atomic E-state index is 11.5. The first-order chi connectivity index (χ1) is 9.11. The van der Waals surface area contributed by atoms with Gasteiger partial charge in [0.2, 0.25) is 0 Å². The highest BCUT2D eigenvalue weighted by Crippen LogP contribution is 2.15. The average molecular weight is 272 g/mol. The zero-order chi connectivity index (χ0) is 14.1. The molecule has 2 amide bonds. The molecule has 110 valence electrons. The van der Waals surface area contributed by atoms with Crippen LogP contribution in [-0.4, -0.2) is 43.4 Å². The molecule has 0 aromatic heterocycles. The van der Waals surface area contributed by atoms with Crippen molar-refractivity contribution in [2.24, 2.45) is 11.8 Å². The predicted octanol–water partition coefficient (Wildman–Crippen LogP) is 1.21. The highest BCUT2D eigenvalue weighted by atomic mass is 16.5. The summed E-state index contributed by atoms with van der Waals surface area (Å²) in [6.45, 7) is 4.58. The summed E-state index contributed by atoms with van der Waals surface area (Å²) in [5.41, 5.74) is 0. The van der Waals surface area contributed by atoms with E-state index in [1.54, 1.807) is 0 Å². The number of rotatable bonds is 8. The first-order valence-corrected chi connectivity index (χ1v) is 6.93. The van der Waals surface area contributed by atoms with Gasteiger partial charge in [0.05, 0.1) is 0 Å². The molecule has 2 unspecified atom stereocenters. The van der Waals surface area contributed by atoms with E-state index in [2.05, 4.69) is 10.6 Å². The second-order valence-corrected chi connectivity index (χ2v) is 5.03. The minimum Gasteiger partial charge on any atom is -0.481 e. The number of nitrogens with one attached hydrogen (secondary N) is 2. The summed E-state index contributed by atoms with van der Waals surface area (Å²) < 4.78 is 5.26. The molecule has 0 saturated carbocycles. The molecule has 6 heteroatoms. The summed E-state index contributed by atoms with van der Waals surface area (Å²) in [7, 11) is 0. The molecule has 1 aliphatic heterocycles. The minimum atomic E-state index is -0.824. The Morgan fingerprint density at radius 3 is 2.79 bits per heavy atom. The van der Waals surface area contributed by atoms with Crippen LogP contribution in [0.15, 0.2) is 0 Å². The molecule has 1 heterocycles. The Bertz CT molecular complexity index is 290. The number of carboxylic acid groups (broad SMARTS) is 1. The SMILES string of the molecule is CCC(CNC(=O)NCCC1CCOC1)CC(=O)O. The van der Waals surface area contributed by atoms with Crippen LogP contribution in [0.3, 0.4) is 0 Å². The lowest BCUT2D eigenvalue weighted by Crippen LogP contribution is -2.39. The van der Waals surface area contributed by atoms with Crippen LogP contribution >= 0.6 is 0 Å². The van der Waals surface area contributed by atoms with Crippen molar-refractivity contribution in [2.75, 3.05) is 26.3 Å². The first kappa shape index (κ1) is 15.8. The van der Waals surface area contributed by atoms with Gasteiger partial charge in [-0.15, -0.1) is 0 Å². The van der Waals surface area contributed by atoms with E-state index < -0.39 is 5.97 Å². The molecule has 1 aliphatic rings. The summed E-state index contributed by atoms with van der Waals surface area (Å²) >= 11 is 0. The summed E-state index contributed by atoms with van der Waals surface area (Å²) in [5.74, 6) is -0.280. The van der Waals surface area contributed by atoms with Gasteiger partial charge in [-0.25, -0.2) is 4.79 Å². The van der Waals surface area contributed by atoms with Gasteiger partial charge in [0.25, 0.3) is 0 Å². The standard InChI is InChI=1S/C13H24N2O4/c1-2-10(7-12(16)17)8-15-13(18)14-5-3-11-4-6-19-9-11/h10-11H,2-9H2,1H3,(H,16,17)(H2,14,15,18). The van der Waals surface area contributed by atoms with E-state index in [1.165, 1.54) is 0 Å². The lowest BCUT2D eigenvalue weighted by atomic mass is 10.0. The molecule has 0 radical (unpaired) electrons. The number of carbonyl (C=O) groups excluding carboxylic acids is 1. The quantitative estimate of drug-likeness (QED) is 0.620. The Kier molecular flexibility index (Phi) is 7.25. The lowest BCUT2D eigenvalue weighted by Gasteiger charge is -2.14. The number of hydrogen-bond donors (Lipinski definition) is 3. The molecule has 0 aliphatic carbocycles. The van der Waals surface area contributed by atoms with Gasteiger partial charge in [-0.1, -0.05) is 13.3 Å². The van der Waals surface area contributed by atoms with Crippen molar-refractivity contribution in [3.8, 4) is 0 Å². The fraction of sp³-hybridized carbons (Fsp3) is 0.846. The Morgan fingerprint density at radius 1 is 1.42 bits per heavy atom. The molecule has 6 nitrogen and oxygen atoms in total. The first-order valence-electron chi connectivity index (χ1n) is 6.93. The van der Waals surface area contributed by atoms with E-state index in [-0.39, 0.29) is 18.4 Å². The monoisotopic (exact) mass is 272 g/mol. The molecule has 19 heavy (non-hydrogen) atoms. The molecular formula is C13H24N2O4. The normalized spacial score (nSPS) is 19.9. The summed E-state index contributed by atoms with van der Waals surface area (Å²) in [4.78, 5) is 22.1. The Labute approximate surface area is 113 Å². The highest BCUT2D eigenvalue weighted by molar-refractivity contribution is 5.74. The van der Waals surface area contributed by atoms with E-state index in [4.69, 9.17) is 9.84 Å². The number of carbonyl (C=O) groups is 2. The van der Waals surface area contributed by atoms with Gasteiger partial charge in [0, 0.05) is 32.7 Å². The molecule has 0 bridgehead atoms. The van der Waals surface area contributed by atoms with Gasteiger partial charge < -0.3 is 20.5 Å². The third-order valence-corrected chi connectivity index (χ3v) is 3.45. The summed E-state index contributed by atoms with van der Waals surface area (Å²) in [6, 6.07) is -0.220. The molecule has 0 aromatic carbocycles. The maximum atomic E-state index is 11.5. The Balaban J connectivity index is 2.07. The topological polar surface area (TPSA) is 87.7 Å². The minimum absolute atomic E-state index is 0.00789. The van der Waals surface area contributed by atoms with Crippen molar-refractivity contribution < 1.29 is 19.4 Å². The van der Waals surface area contributed by atoms with E-state index >= 15 is 0 Å². The van der Waals surface area contributed by atoms with Gasteiger partial charge in [-0.2, -0.15) is 0 Å². The molecule has 1 saturated heterocycles. The number of amides is 2. The van der Waals surface area contributed by atoms with E-state index in [0.717, 1.165) is 32.5 Å². The van der Waals surface area contributed by atoms with Gasteiger partial charge in [0.15, 0.2) is 0 Å². The van der Waals surface area contributed by atoms with Gasteiger partial charge in [0.1, 0.15) is 0 Å². The second-order valence-electron chi connectivity index (χ2n) is 5.03. The summed E-state index contributed by atoms with van der Waals surface area (Å²) in [6.07, 6.45) is 2.84. The van der Waals surface area contributed by atoms with E-state index in [9.17, 15) is 9.59 Å². The summed E-state index contributed by atoms with van der Waals surface area (Å²) in [5, 5.41) is 14.2. The van der Waals surface area contributed by atoms with Gasteiger partial charge in [-0.3, -0.25) is 4.79 Å². The van der Waals surface area contributed by atoms with Crippen molar-refractivity contribution >= 4 is 12.0 Å². The zero-order valence-electron chi connectivity index (χ0n) is 11.5. The van der Waals surface area contributed by atoms with Crippen LogP contribution in [-0.2, 0) is 9.53 Å². The number of urea groups is 1. The molecular weight excluding hydrogens is 248 g/mol. The molecule has 0 aromatic rings. The van der Waals surface area contributed by atoms with Crippen LogP contribution in [0.5, 0.6) is 0 Å². The van der Waals surface area contributed by atoms with E-state index in [1.807, 2.05) is 6.92 Å². The zero-order valence-corrected chi connectivity index (χ0v) is 11.5. The largest absolute Gasteiger partial charge is 0.481 e. The van der Waals surface area contributed by atoms with Crippen molar-refractivity contribution in [2.45, 2.75) is 32.6 Å². The second kappa shape index (κ2) is 8.74. The van der Waals surface area contributed by atoms with E-state index in [0.29, 0.717) is 19.0 Å². The smallest absolute Gasteiger partial charge is 0.314 e. The lowest BCUT2D eigenvalue weighted by molar-refractivity contribution is -0.138. The van der Waals surface area contributed by atoms with Crippen LogP contribution in [0.1, 0.15) is 32.6 Å². The van der Waals surface area contributed by atoms with Crippen LogP contribution in [0.25, 0.3) is 0 Å². The van der Waals surface area contributed by atoms with Gasteiger partial charge >= 0.3 is 12.0 Å². The average Bonchev–Trinajstić information content (AvgIpc) is 2.87. The molecule has 1 fully saturated rings. The molecule has 1 rings (SSSR count). The molecule has 3 N–H and O–H groups in total. The third kappa shape index (κ3) is 7.00. The number of hydrogen-bond acceptors (Lipinski definition) is 3. The van der Waals surface area contributed by atoms with Crippen molar-refractivity contribution in [3.63, 3.8) is 0 Å². The van der Waals surface area contributed by atoms with Crippen molar-refractivity contribution in [1.82, 2.24) is 10.6 Å². The molecule has 0 spiro atoms. The fourth-order valence-electron chi connectivity index (χ4n) is 2.11. The third-order valence-electron chi connectivity index (χ3n) is 3.45. The number of carboxylic acids is 1. The molecule has 2 atom stereocenters. The fourth-order valence-corrected chi connectivity index (χ4v) is 2.11. The van der Waals surface area contributed by atoms with Crippen LogP contribution in [0, 0.1) is 11.8 Å². The van der Waals surface area contributed by atoms with Crippen molar-refractivity contribution in [3.05, 3.63) is 0 Å².